The normalized spacial score (nSPS) is 20.7. The summed E-state index contributed by atoms with van der Waals surface area (Å²) in [6.07, 6.45) is 4.67. The van der Waals surface area contributed by atoms with Crippen LogP contribution >= 0.6 is 0 Å². The molecule has 0 amide bonds. The first-order chi connectivity index (χ1) is 8.20. The van der Waals surface area contributed by atoms with E-state index < -0.39 is 0 Å². The Balaban J connectivity index is 2.17. The van der Waals surface area contributed by atoms with Crippen LogP contribution in [-0.2, 0) is 0 Å². The average molecular weight is 233 g/mol. The van der Waals surface area contributed by atoms with Gasteiger partial charge in [0, 0.05) is 0 Å². The summed E-state index contributed by atoms with van der Waals surface area (Å²) in [4.78, 5) is 2.14. The summed E-state index contributed by atoms with van der Waals surface area (Å²) in [6.45, 7) is 0. The van der Waals surface area contributed by atoms with Gasteiger partial charge in [-0.2, -0.15) is 0 Å². The molecule has 1 saturated carbocycles. The molecular formula is C15H23NO. The fourth-order valence-electron chi connectivity index (χ4n) is 3.01. The van der Waals surface area contributed by atoms with Gasteiger partial charge in [0.15, 0.2) is 0 Å². The fourth-order valence-corrected chi connectivity index (χ4v) is 3.01. The fraction of sp³-hybridized carbons (Fsp3) is 0.600. The van der Waals surface area contributed by atoms with E-state index in [1.807, 2.05) is 18.2 Å². The Bertz CT molecular complexity index is 330. The van der Waals surface area contributed by atoms with E-state index in [-0.39, 0.29) is 12.1 Å². The first-order valence-corrected chi connectivity index (χ1v) is 6.59. The summed E-state index contributed by atoms with van der Waals surface area (Å²) in [7, 11) is 4.10. The van der Waals surface area contributed by atoms with Crippen LogP contribution in [0.5, 0.6) is 0 Å². The van der Waals surface area contributed by atoms with E-state index in [1.165, 1.54) is 31.2 Å². The van der Waals surface area contributed by atoms with Crippen LogP contribution in [0.1, 0.15) is 37.3 Å². The number of aliphatic hydroxyl groups is 1. The number of aliphatic hydroxyl groups excluding tert-OH is 1. The highest BCUT2D eigenvalue weighted by Gasteiger charge is 2.31. The van der Waals surface area contributed by atoms with Crippen LogP contribution in [0.25, 0.3) is 0 Å². The van der Waals surface area contributed by atoms with E-state index in [0.29, 0.717) is 5.92 Å². The lowest BCUT2D eigenvalue weighted by Crippen LogP contribution is -2.35. The van der Waals surface area contributed by atoms with Gasteiger partial charge in [0.25, 0.3) is 0 Å². The Kier molecular flexibility index (Phi) is 4.19. The highest BCUT2D eigenvalue weighted by molar-refractivity contribution is 5.20. The van der Waals surface area contributed by atoms with Crippen LogP contribution in [0.4, 0.5) is 0 Å². The molecule has 1 aliphatic rings. The lowest BCUT2D eigenvalue weighted by Gasteiger charge is -2.33. The predicted molar refractivity (Wildman–Crippen MR) is 70.8 cm³/mol. The molecule has 2 atom stereocenters. The van der Waals surface area contributed by atoms with Gasteiger partial charge in [-0.3, -0.25) is 0 Å². The average Bonchev–Trinajstić information content (AvgIpc) is 2.83. The zero-order chi connectivity index (χ0) is 12.3. The van der Waals surface area contributed by atoms with Gasteiger partial charge in [-0.15, -0.1) is 0 Å². The molecule has 1 aromatic carbocycles. The number of rotatable bonds is 4. The Morgan fingerprint density at radius 3 is 2.24 bits per heavy atom. The molecule has 0 aromatic heterocycles. The van der Waals surface area contributed by atoms with Crippen molar-refractivity contribution in [2.24, 2.45) is 5.92 Å². The van der Waals surface area contributed by atoms with E-state index in [2.05, 4.69) is 31.1 Å². The van der Waals surface area contributed by atoms with Gasteiger partial charge in [0.1, 0.15) is 0 Å². The molecule has 17 heavy (non-hydrogen) atoms. The standard InChI is InChI=1S/C15H23NO/c1-16(2)14(12-8-4-3-5-9-12)15(17)13-10-6-7-11-13/h3-5,8-9,13-15,17H,6-7,10-11H2,1-2H3. The summed E-state index contributed by atoms with van der Waals surface area (Å²) >= 11 is 0. The van der Waals surface area contributed by atoms with Crippen LogP contribution in [-0.4, -0.2) is 30.2 Å². The third kappa shape index (κ3) is 2.88. The SMILES string of the molecule is CN(C)C(c1ccccc1)C(O)C1CCCC1. The second-order valence-corrected chi connectivity index (χ2v) is 5.35. The maximum absolute atomic E-state index is 10.6. The third-order valence-electron chi connectivity index (χ3n) is 3.90. The van der Waals surface area contributed by atoms with E-state index in [9.17, 15) is 5.11 Å². The first kappa shape index (κ1) is 12.6. The van der Waals surface area contributed by atoms with Crippen LogP contribution in [0.3, 0.4) is 0 Å². The van der Waals surface area contributed by atoms with Gasteiger partial charge in [0.05, 0.1) is 12.1 Å². The van der Waals surface area contributed by atoms with Crippen molar-refractivity contribution < 1.29 is 5.11 Å². The topological polar surface area (TPSA) is 23.5 Å². The maximum atomic E-state index is 10.6. The Hall–Kier alpha value is -0.860. The number of hydrogen-bond acceptors (Lipinski definition) is 2. The molecule has 0 spiro atoms. The minimum absolute atomic E-state index is 0.124. The Labute approximate surface area is 104 Å². The number of likely N-dealkylation sites (N-methyl/N-ethyl adjacent to an activating group) is 1. The summed E-state index contributed by atoms with van der Waals surface area (Å²) in [5, 5.41) is 10.6. The lowest BCUT2D eigenvalue weighted by atomic mass is 9.89. The minimum Gasteiger partial charge on any atom is -0.391 e. The van der Waals surface area contributed by atoms with Crippen LogP contribution in [0.2, 0.25) is 0 Å². The van der Waals surface area contributed by atoms with Crippen LogP contribution < -0.4 is 0 Å². The van der Waals surface area contributed by atoms with Crippen molar-refractivity contribution in [3.05, 3.63) is 35.9 Å². The third-order valence-corrected chi connectivity index (χ3v) is 3.90. The molecule has 1 fully saturated rings. The van der Waals surface area contributed by atoms with E-state index in [4.69, 9.17) is 0 Å². The highest BCUT2D eigenvalue weighted by Crippen LogP contribution is 2.35. The van der Waals surface area contributed by atoms with E-state index in [1.54, 1.807) is 0 Å². The quantitative estimate of drug-likeness (QED) is 0.864. The summed E-state index contributed by atoms with van der Waals surface area (Å²) < 4.78 is 0. The van der Waals surface area contributed by atoms with Crippen molar-refractivity contribution in [2.75, 3.05) is 14.1 Å². The number of nitrogens with zero attached hydrogens (tertiary/aromatic N) is 1. The molecule has 0 bridgehead atoms. The molecule has 1 aromatic rings. The summed E-state index contributed by atoms with van der Waals surface area (Å²) in [6, 6.07) is 10.5. The molecule has 0 saturated heterocycles. The van der Waals surface area contributed by atoms with Crippen molar-refractivity contribution >= 4 is 0 Å². The Morgan fingerprint density at radius 1 is 1.12 bits per heavy atom. The van der Waals surface area contributed by atoms with E-state index in [0.717, 1.165) is 0 Å². The smallest absolute Gasteiger partial charge is 0.0764 e. The highest BCUT2D eigenvalue weighted by atomic mass is 16.3. The van der Waals surface area contributed by atoms with Gasteiger partial charge in [-0.25, -0.2) is 0 Å². The van der Waals surface area contributed by atoms with Crippen molar-refractivity contribution in [3.8, 4) is 0 Å². The molecule has 2 heteroatoms. The van der Waals surface area contributed by atoms with Crippen molar-refractivity contribution in [2.45, 2.75) is 37.8 Å². The van der Waals surface area contributed by atoms with Gasteiger partial charge in [0.2, 0.25) is 0 Å². The van der Waals surface area contributed by atoms with Crippen molar-refractivity contribution in [3.63, 3.8) is 0 Å². The lowest BCUT2D eigenvalue weighted by molar-refractivity contribution is 0.0302. The van der Waals surface area contributed by atoms with Crippen molar-refractivity contribution in [1.29, 1.82) is 0 Å². The van der Waals surface area contributed by atoms with E-state index >= 15 is 0 Å². The van der Waals surface area contributed by atoms with Crippen LogP contribution in [0, 0.1) is 5.92 Å². The zero-order valence-corrected chi connectivity index (χ0v) is 10.8. The molecule has 94 valence electrons. The minimum atomic E-state index is -0.241. The summed E-state index contributed by atoms with van der Waals surface area (Å²) in [5.41, 5.74) is 1.22. The van der Waals surface area contributed by atoms with Crippen molar-refractivity contribution in [1.82, 2.24) is 4.90 Å². The molecule has 1 N–H and O–H groups in total. The number of benzene rings is 1. The van der Waals surface area contributed by atoms with Crippen LogP contribution in [0.15, 0.2) is 30.3 Å². The molecule has 2 nitrogen and oxygen atoms in total. The molecule has 0 aliphatic heterocycles. The summed E-state index contributed by atoms with van der Waals surface area (Å²) in [5.74, 6) is 0.475. The van der Waals surface area contributed by atoms with Gasteiger partial charge in [-0.05, 0) is 38.4 Å². The second kappa shape index (κ2) is 5.65. The predicted octanol–water partition coefficient (Wildman–Crippen LogP) is 2.84. The molecular weight excluding hydrogens is 210 g/mol. The zero-order valence-electron chi connectivity index (χ0n) is 10.8. The molecule has 0 radical (unpaired) electrons. The maximum Gasteiger partial charge on any atom is 0.0764 e. The van der Waals surface area contributed by atoms with Gasteiger partial charge < -0.3 is 10.0 Å². The number of hydrogen-bond donors (Lipinski definition) is 1. The molecule has 2 unspecified atom stereocenters. The van der Waals surface area contributed by atoms with Gasteiger partial charge >= 0.3 is 0 Å². The molecule has 0 heterocycles. The first-order valence-electron chi connectivity index (χ1n) is 6.59. The molecule has 1 aliphatic carbocycles. The monoisotopic (exact) mass is 233 g/mol. The second-order valence-electron chi connectivity index (χ2n) is 5.35. The largest absolute Gasteiger partial charge is 0.391 e. The Morgan fingerprint density at radius 2 is 1.71 bits per heavy atom. The van der Waals surface area contributed by atoms with Gasteiger partial charge in [-0.1, -0.05) is 43.2 Å². The molecule has 2 rings (SSSR count).